The zero-order chi connectivity index (χ0) is 23.4. The third-order valence-electron chi connectivity index (χ3n) is 5.59. The fourth-order valence-electron chi connectivity index (χ4n) is 3.97. The van der Waals surface area contributed by atoms with Gasteiger partial charge >= 0.3 is 12.1 Å². The van der Waals surface area contributed by atoms with Crippen molar-refractivity contribution in [2.75, 3.05) is 30.4 Å². The van der Waals surface area contributed by atoms with Gasteiger partial charge in [-0.25, -0.2) is 9.59 Å². The predicted molar refractivity (Wildman–Crippen MR) is 124 cm³/mol. The van der Waals surface area contributed by atoms with Gasteiger partial charge in [-0.3, -0.25) is 5.32 Å². The largest absolute Gasteiger partial charge is 0.478 e. The molecule has 0 spiro atoms. The number of nitrogens with one attached hydrogen (secondary N) is 2. The highest BCUT2D eigenvalue weighted by atomic mass is 16.5. The molecule has 3 aromatic carbocycles. The number of aliphatic hydroxyl groups excluding tert-OH is 2. The van der Waals surface area contributed by atoms with Gasteiger partial charge in [-0.2, -0.15) is 0 Å². The number of hydrogen-bond donors (Lipinski definition) is 5. The van der Waals surface area contributed by atoms with E-state index in [4.69, 9.17) is 9.84 Å². The van der Waals surface area contributed by atoms with Crippen molar-refractivity contribution in [2.24, 2.45) is 0 Å². The van der Waals surface area contributed by atoms with Gasteiger partial charge in [-0.05, 0) is 40.5 Å². The number of carbonyl (C=O) groups excluding carboxylic acids is 1. The first-order valence-electron chi connectivity index (χ1n) is 10.5. The van der Waals surface area contributed by atoms with Gasteiger partial charge < -0.3 is 25.4 Å². The maximum atomic E-state index is 12.6. The average molecular weight is 448 g/mol. The third-order valence-corrected chi connectivity index (χ3v) is 5.59. The lowest BCUT2D eigenvalue weighted by Gasteiger charge is -2.17. The molecule has 1 aliphatic carbocycles. The number of ether oxygens (including phenoxy) is 1. The Hall–Kier alpha value is -3.88. The molecule has 0 bridgehead atoms. The van der Waals surface area contributed by atoms with E-state index in [0.29, 0.717) is 5.69 Å². The molecule has 8 nitrogen and oxygen atoms in total. The van der Waals surface area contributed by atoms with Crippen LogP contribution in [-0.4, -0.2) is 53.2 Å². The number of rotatable bonds is 8. The minimum absolute atomic E-state index is 0.0162. The zero-order valence-electron chi connectivity index (χ0n) is 17.7. The molecule has 8 heteroatoms. The minimum atomic E-state index is -1.15. The summed E-state index contributed by atoms with van der Waals surface area (Å²) in [5, 5.41) is 33.3. The highest BCUT2D eigenvalue weighted by molar-refractivity contribution is 5.95. The van der Waals surface area contributed by atoms with Crippen LogP contribution in [0.4, 0.5) is 16.2 Å². The summed E-state index contributed by atoms with van der Waals surface area (Å²) >= 11 is 0. The Labute approximate surface area is 190 Å². The molecule has 0 radical (unpaired) electrons. The molecule has 1 aliphatic rings. The number of aliphatic hydroxyl groups is 2. The number of benzene rings is 3. The molecule has 0 saturated carbocycles. The smallest absolute Gasteiger partial charge is 0.411 e. The van der Waals surface area contributed by atoms with Crippen LogP contribution in [0.3, 0.4) is 0 Å². The van der Waals surface area contributed by atoms with Crippen molar-refractivity contribution in [2.45, 2.75) is 12.0 Å². The van der Waals surface area contributed by atoms with Crippen LogP contribution in [0.15, 0.2) is 66.7 Å². The van der Waals surface area contributed by atoms with E-state index in [1.807, 2.05) is 48.5 Å². The van der Waals surface area contributed by atoms with E-state index >= 15 is 0 Å². The van der Waals surface area contributed by atoms with Gasteiger partial charge in [0.15, 0.2) is 0 Å². The zero-order valence-corrected chi connectivity index (χ0v) is 17.7. The maximum Gasteiger partial charge on any atom is 0.411 e. The molecule has 0 aliphatic heterocycles. The first-order chi connectivity index (χ1) is 16.0. The summed E-state index contributed by atoms with van der Waals surface area (Å²) in [6.45, 7) is -0.303. The molecule has 0 fully saturated rings. The number of amides is 1. The van der Waals surface area contributed by atoms with E-state index in [1.54, 1.807) is 0 Å². The van der Waals surface area contributed by atoms with Crippen LogP contribution < -0.4 is 10.6 Å². The number of hydrogen-bond acceptors (Lipinski definition) is 6. The molecule has 1 amide bonds. The number of carboxylic acids is 1. The van der Waals surface area contributed by atoms with Crippen LogP contribution in [0.2, 0.25) is 0 Å². The molecular weight excluding hydrogens is 424 g/mol. The number of carbonyl (C=O) groups is 2. The van der Waals surface area contributed by atoms with Crippen molar-refractivity contribution in [1.82, 2.24) is 0 Å². The van der Waals surface area contributed by atoms with Crippen molar-refractivity contribution in [1.29, 1.82) is 0 Å². The Morgan fingerprint density at radius 2 is 1.58 bits per heavy atom. The molecular formula is C25H24N2O6. The molecule has 33 heavy (non-hydrogen) atoms. The lowest BCUT2D eigenvalue weighted by atomic mass is 9.98. The monoisotopic (exact) mass is 448 g/mol. The second-order valence-electron chi connectivity index (χ2n) is 7.73. The first-order valence-corrected chi connectivity index (χ1v) is 10.5. The lowest BCUT2D eigenvalue weighted by molar-refractivity contribution is 0.0696. The Morgan fingerprint density at radius 3 is 2.18 bits per heavy atom. The summed E-state index contributed by atoms with van der Waals surface area (Å²) in [5.41, 5.74) is 4.96. The number of aromatic carboxylic acids is 1. The highest BCUT2D eigenvalue weighted by Gasteiger charge is 2.29. The van der Waals surface area contributed by atoms with E-state index in [1.165, 1.54) is 18.2 Å². The molecule has 4 rings (SSSR count). The Balaban J connectivity index is 1.49. The normalized spacial score (nSPS) is 13.0. The second-order valence-corrected chi connectivity index (χ2v) is 7.73. The standard InChI is InChI=1S/C25H24N2O6/c28-13-16(29)12-26-22-10-9-15(24(30)31)11-23(22)27-25(32)33-14-21-19-7-3-1-5-17(19)18-6-2-4-8-20(18)21/h1-11,16,21,26,28-29H,12-14H2,(H,27,32)(H,30,31). The Morgan fingerprint density at radius 1 is 0.939 bits per heavy atom. The van der Waals surface area contributed by atoms with Gasteiger partial charge in [0.2, 0.25) is 0 Å². The third kappa shape index (κ3) is 4.82. The second kappa shape index (κ2) is 9.72. The van der Waals surface area contributed by atoms with Crippen LogP contribution in [-0.2, 0) is 4.74 Å². The van der Waals surface area contributed by atoms with Crippen molar-refractivity contribution >= 4 is 23.4 Å². The quantitative estimate of drug-likeness (QED) is 0.357. The molecule has 0 heterocycles. The molecule has 1 unspecified atom stereocenters. The fraction of sp³-hybridized carbons (Fsp3) is 0.200. The van der Waals surface area contributed by atoms with Gasteiger partial charge in [-0.1, -0.05) is 48.5 Å². The molecule has 5 N–H and O–H groups in total. The van der Waals surface area contributed by atoms with Crippen molar-refractivity contribution in [3.8, 4) is 11.1 Å². The summed E-state index contributed by atoms with van der Waals surface area (Å²) in [6.07, 6.45) is -1.74. The van der Waals surface area contributed by atoms with Crippen molar-refractivity contribution in [3.05, 3.63) is 83.4 Å². The SMILES string of the molecule is O=C(Nc1cc(C(=O)O)ccc1NCC(O)CO)OCC1c2ccccc2-c2ccccc21. The molecule has 1 atom stereocenters. The molecule has 0 aromatic heterocycles. The summed E-state index contributed by atoms with van der Waals surface area (Å²) in [4.78, 5) is 24.0. The van der Waals surface area contributed by atoms with Gasteiger partial charge in [0, 0.05) is 12.5 Å². The predicted octanol–water partition coefficient (Wildman–Crippen LogP) is 3.51. The lowest BCUT2D eigenvalue weighted by Crippen LogP contribution is -2.24. The molecule has 3 aromatic rings. The van der Waals surface area contributed by atoms with Gasteiger partial charge in [-0.15, -0.1) is 0 Å². The maximum absolute atomic E-state index is 12.6. The number of fused-ring (bicyclic) bond motifs is 3. The van der Waals surface area contributed by atoms with Gasteiger partial charge in [0.05, 0.1) is 29.6 Å². The van der Waals surface area contributed by atoms with E-state index < -0.39 is 24.8 Å². The fourth-order valence-corrected chi connectivity index (χ4v) is 3.97. The van der Waals surface area contributed by atoms with E-state index in [0.717, 1.165) is 22.3 Å². The van der Waals surface area contributed by atoms with Crippen LogP contribution in [0.5, 0.6) is 0 Å². The summed E-state index contributed by atoms with van der Waals surface area (Å²) in [6, 6.07) is 20.1. The van der Waals surface area contributed by atoms with Crippen molar-refractivity contribution < 1.29 is 29.6 Å². The average Bonchev–Trinajstić information content (AvgIpc) is 3.15. The Bertz CT molecular complexity index is 1130. The van der Waals surface area contributed by atoms with E-state index in [9.17, 15) is 19.8 Å². The van der Waals surface area contributed by atoms with Gasteiger partial charge in [0.25, 0.3) is 0 Å². The van der Waals surface area contributed by atoms with E-state index in [2.05, 4.69) is 10.6 Å². The number of anilines is 2. The first kappa shape index (κ1) is 22.3. The minimum Gasteiger partial charge on any atom is -0.478 e. The van der Waals surface area contributed by atoms with Gasteiger partial charge in [0.1, 0.15) is 6.61 Å². The molecule has 0 saturated heterocycles. The summed E-state index contributed by atoms with van der Waals surface area (Å²) < 4.78 is 5.53. The summed E-state index contributed by atoms with van der Waals surface area (Å²) in [5.74, 6) is -1.25. The van der Waals surface area contributed by atoms with Crippen LogP contribution in [0.1, 0.15) is 27.4 Å². The topological polar surface area (TPSA) is 128 Å². The van der Waals surface area contributed by atoms with E-state index in [-0.39, 0.29) is 30.3 Å². The van der Waals surface area contributed by atoms with Crippen LogP contribution in [0, 0.1) is 0 Å². The Kier molecular flexibility index (Phi) is 6.58. The van der Waals surface area contributed by atoms with Crippen LogP contribution >= 0.6 is 0 Å². The highest BCUT2D eigenvalue weighted by Crippen LogP contribution is 2.44. The van der Waals surface area contributed by atoms with Crippen LogP contribution in [0.25, 0.3) is 11.1 Å². The number of carboxylic acid groups (broad SMARTS) is 1. The van der Waals surface area contributed by atoms with Crippen molar-refractivity contribution in [3.63, 3.8) is 0 Å². The molecule has 170 valence electrons. The summed E-state index contributed by atoms with van der Waals surface area (Å²) in [7, 11) is 0.